The van der Waals surface area contributed by atoms with E-state index in [0.29, 0.717) is 30.8 Å². The summed E-state index contributed by atoms with van der Waals surface area (Å²) in [5, 5.41) is 7.46. The van der Waals surface area contributed by atoms with Gasteiger partial charge in [-0.15, -0.1) is 0 Å². The molecule has 0 aromatic heterocycles. The summed E-state index contributed by atoms with van der Waals surface area (Å²) in [6.07, 6.45) is 8.44. The van der Waals surface area contributed by atoms with Crippen molar-refractivity contribution in [1.29, 1.82) is 0 Å². The molecule has 32 heavy (non-hydrogen) atoms. The van der Waals surface area contributed by atoms with Crippen LogP contribution < -0.4 is 10.6 Å². The third-order valence-electron chi connectivity index (χ3n) is 5.74. The molecular weight excluding hydrogens is 428 g/mol. The molecule has 1 saturated carbocycles. The molecule has 0 saturated heterocycles. The van der Waals surface area contributed by atoms with E-state index in [-0.39, 0.29) is 6.09 Å². The molecule has 1 fully saturated rings. The SMILES string of the molecule is CC1=NC(C)(NCCOCCNCCCN(C(=O)OC(C)(C)C)C2CCCCC2)C(Cl)=C1. The van der Waals surface area contributed by atoms with Crippen molar-refractivity contribution in [1.82, 2.24) is 15.5 Å². The average Bonchev–Trinajstić information content (AvgIpc) is 2.97. The highest BCUT2D eigenvalue weighted by atomic mass is 35.5. The van der Waals surface area contributed by atoms with Crippen LogP contribution in [0.4, 0.5) is 4.79 Å². The van der Waals surface area contributed by atoms with Gasteiger partial charge in [-0.05, 0) is 66.5 Å². The van der Waals surface area contributed by atoms with Gasteiger partial charge in [-0.2, -0.15) is 0 Å². The number of carbonyl (C=O) groups excluding carboxylic acids is 1. The molecule has 8 heteroatoms. The monoisotopic (exact) mass is 470 g/mol. The van der Waals surface area contributed by atoms with E-state index >= 15 is 0 Å². The minimum Gasteiger partial charge on any atom is -0.444 e. The van der Waals surface area contributed by atoms with Gasteiger partial charge in [0.15, 0.2) is 0 Å². The molecule has 0 aromatic rings. The van der Waals surface area contributed by atoms with Gasteiger partial charge in [-0.1, -0.05) is 30.9 Å². The van der Waals surface area contributed by atoms with Crippen LogP contribution in [0.1, 0.15) is 73.1 Å². The maximum atomic E-state index is 12.7. The fraction of sp³-hybridized carbons (Fsp3) is 0.833. The van der Waals surface area contributed by atoms with E-state index in [1.54, 1.807) is 0 Å². The van der Waals surface area contributed by atoms with Gasteiger partial charge < -0.3 is 19.7 Å². The molecule has 0 aromatic carbocycles. The van der Waals surface area contributed by atoms with Crippen LogP contribution in [0.5, 0.6) is 0 Å². The van der Waals surface area contributed by atoms with Crippen LogP contribution in [0.2, 0.25) is 0 Å². The molecule has 7 nitrogen and oxygen atoms in total. The molecule has 1 amide bonds. The van der Waals surface area contributed by atoms with Crippen LogP contribution in [-0.2, 0) is 9.47 Å². The summed E-state index contributed by atoms with van der Waals surface area (Å²) < 4.78 is 11.4. The van der Waals surface area contributed by atoms with E-state index in [0.717, 1.165) is 44.6 Å². The summed E-state index contributed by atoms with van der Waals surface area (Å²) >= 11 is 6.25. The molecule has 1 atom stereocenters. The van der Waals surface area contributed by atoms with Gasteiger partial charge in [-0.3, -0.25) is 10.3 Å². The van der Waals surface area contributed by atoms with Crippen molar-refractivity contribution in [2.75, 3.05) is 39.4 Å². The number of aliphatic imine (C=N–C) groups is 1. The van der Waals surface area contributed by atoms with Gasteiger partial charge in [0.2, 0.25) is 0 Å². The molecule has 0 radical (unpaired) electrons. The number of ether oxygens (including phenoxy) is 2. The molecule has 1 aliphatic heterocycles. The Kier molecular flexibility index (Phi) is 10.9. The van der Waals surface area contributed by atoms with Crippen molar-refractivity contribution in [3.05, 3.63) is 11.1 Å². The number of allylic oxidation sites excluding steroid dienone is 1. The highest BCUT2D eigenvalue weighted by molar-refractivity contribution is 6.33. The summed E-state index contributed by atoms with van der Waals surface area (Å²) in [7, 11) is 0. The second-order valence-electron chi connectivity index (χ2n) is 9.93. The smallest absolute Gasteiger partial charge is 0.410 e. The Balaban J connectivity index is 1.57. The Morgan fingerprint density at radius 1 is 1.22 bits per heavy atom. The molecular formula is C24H43ClN4O3. The number of rotatable bonds is 12. The lowest BCUT2D eigenvalue weighted by Crippen LogP contribution is -2.45. The summed E-state index contributed by atoms with van der Waals surface area (Å²) in [5.74, 6) is 0. The minimum absolute atomic E-state index is 0.175. The van der Waals surface area contributed by atoms with E-state index in [2.05, 4.69) is 15.6 Å². The summed E-state index contributed by atoms with van der Waals surface area (Å²) in [6, 6.07) is 0.313. The predicted octanol–water partition coefficient (Wildman–Crippen LogP) is 4.46. The van der Waals surface area contributed by atoms with Crippen LogP contribution in [0.25, 0.3) is 0 Å². The van der Waals surface area contributed by atoms with Crippen molar-refractivity contribution in [3.8, 4) is 0 Å². The van der Waals surface area contributed by atoms with Crippen molar-refractivity contribution in [2.45, 2.75) is 90.4 Å². The molecule has 2 rings (SSSR count). The lowest BCUT2D eigenvalue weighted by atomic mass is 9.94. The van der Waals surface area contributed by atoms with Gasteiger partial charge in [0, 0.05) is 31.4 Å². The van der Waals surface area contributed by atoms with Gasteiger partial charge in [-0.25, -0.2) is 4.79 Å². The topological polar surface area (TPSA) is 75.2 Å². The highest BCUT2D eigenvalue weighted by Gasteiger charge is 2.30. The Morgan fingerprint density at radius 3 is 2.53 bits per heavy atom. The van der Waals surface area contributed by atoms with Crippen molar-refractivity contribution >= 4 is 23.4 Å². The first-order valence-corrected chi connectivity index (χ1v) is 12.5. The van der Waals surface area contributed by atoms with Crippen LogP contribution in [-0.4, -0.2) is 73.4 Å². The third kappa shape index (κ3) is 9.38. The van der Waals surface area contributed by atoms with Crippen molar-refractivity contribution in [2.24, 2.45) is 4.99 Å². The first-order valence-electron chi connectivity index (χ1n) is 12.1. The lowest BCUT2D eigenvalue weighted by molar-refractivity contribution is 0.0119. The first-order chi connectivity index (χ1) is 15.1. The van der Waals surface area contributed by atoms with E-state index in [9.17, 15) is 4.79 Å². The summed E-state index contributed by atoms with van der Waals surface area (Å²) in [4.78, 5) is 19.2. The van der Waals surface area contributed by atoms with E-state index < -0.39 is 11.3 Å². The number of hydrogen-bond acceptors (Lipinski definition) is 6. The van der Waals surface area contributed by atoms with Gasteiger partial charge in [0.05, 0.1) is 18.2 Å². The second-order valence-corrected chi connectivity index (χ2v) is 10.3. The molecule has 184 valence electrons. The maximum Gasteiger partial charge on any atom is 0.410 e. The molecule has 0 bridgehead atoms. The third-order valence-corrected chi connectivity index (χ3v) is 6.21. The van der Waals surface area contributed by atoms with Crippen LogP contribution in [0, 0.1) is 0 Å². The molecule has 2 N–H and O–H groups in total. The zero-order valence-corrected chi connectivity index (χ0v) is 21.4. The lowest BCUT2D eigenvalue weighted by Gasteiger charge is -2.35. The number of nitrogens with one attached hydrogen (secondary N) is 2. The minimum atomic E-state index is -0.522. The molecule has 0 spiro atoms. The van der Waals surface area contributed by atoms with Crippen LogP contribution in [0.3, 0.4) is 0 Å². The number of amides is 1. The van der Waals surface area contributed by atoms with Gasteiger partial charge in [0.25, 0.3) is 0 Å². The zero-order valence-electron chi connectivity index (χ0n) is 20.6. The highest BCUT2D eigenvalue weighted by Crippen LogP contribution is 2.27. The van der Waals surface area contributed by atoms with Crippen LogP contribution >= 0.6 is 11.6 Å². The molecule has 1 heterocycles. The number of carbonyl (C=O) groups is 1. The Hall–Kier alpha value is -1.15. The fourth-order valence-corrected chi connectivity index (χ4v) is 4.40. The van der Waals surface area contributed by atoms with Crippen LogP contribution in [0.15, 0.2) is 16.1 Å². The molecule has 1 aliphatic carbocycles. The second kappa shape index (κ2) is 12.9. The van der Waals surface area contributed by atoms with Crippen molar-refractivity contribution in [3.63, 3.8) is 0 Å². The normalized spacial score (nSPS) is 21.9. The summed E-state index contributed by atoms with van der Waals surface area (Å²) in [6.45, 7) is 14.0. The van der Waals surface area contributed by atoms with Gasteiger partial charge in [0.1, 0.15) is 11.3 Å². The molecule has 2 aliphatic rings. The average molecular weight is 471 g/mol. The maximum absolute atomic E-state index is 12.7. The molecule has 1 unspecified atom stereocenters. The van der Waals surface area contributed by atoms with Gasteiger partial charge >= 0.3 is 6.09 Å². The number of nitrogens with zero attached hydrogens (tertiary/aromatic N) is 2. The predicted molar refractivity (Wildman–Crippen MR) is 132 cm³/mol. The Labute approximate surface area is 199 Å². The first kappa shape index (κ1) is 27.1. The summed E-state index contributed by atoms with van der Waals surface area (Å²) in [5.41, 5.74) is -0.0500. The van der Waals surface area contributed by atoms with E-state index in [4.69, 9.17) is 21.1 Å². The quantitative estimate of drug-likeness (QED) is 0.412. The Bertz CT molecular complexity index is 656. The van der Waals surface area contributed by atoms with E-state index in [1.807, 2.05) is 45.6 Å². The van der Waals surface area contributed by atoms with E-state index in [1.165, 1.54) is 19.3 Å². The van der Waals surface area contributed by atoms with Crippen molar-refractivity contribution < 1.29 is 14.3 Å². The Morgan fingerprint density at radius 2 is 1.91 bits per heavy atom. The largest absolute Gasteiger partial charge is 0.444 e. The number of halogens is 1. The fourth-order valence-electron chi connectivity index (χ4n) is 4.13. The number of hydrogen-bond donors (Lipinski definition) is 2. The zero-order chi connectivity index (χ0) is 23.6. The standard InChI is InChI=1S/C24H43ClN4O3/c1-19-18-21(25)24(5,28-19)27-14-17-31-16-13-26-12-9-15-29(20-10-7-6-8-11-20)22(30)32-23(2,3)4/h18,20,26-27H,6-17H2,1-5H3.